The van der Waals surface area contributed by atoms with Crippen LogP contribution in [0.3, 0.4) is 0 Å². The normalized spacial score (nSPS) is 19.6. The Bertz CT molecular complexity index is 936. The maximum Gasteiger partial charge on any atom is 0.229 e. The second kappa shape index (κ2) is 9.62. The molecule has 164 valence electrons. The third-order valence-corrected chi connectivity index (χ3v) is 6.20. The highest BCUT2D eigenvalue weighted by atomic mass is 16.5. The van der Waals surface area contributed by atoms with Gasteiger partial charge >= 0.3 is 0 Å². The zero-order valence-electron chi connectivity index (χ0n) is 18.4. The van der Waals surface area contributed by atoms with E-state index in [4.69, 9.17) is 4.74 Å². The molecule has 2 aliphatic rings. The minimum atomic E-state index is -0.343. The van der Waals surface area contributed by atoms with E-state index in [0.717, 1.165) is 61.8 Å². The first-order chi connectivity index (χ1) is 15.0. The van der Waals surface area contributed by atoms with Crippen molar-refractivity contribution in [1.29, 1.82) is 0 Å². The van der Waals surface area contributed by atoms with Gasteiger partial charge in [-0.15, -0.1) is 0 Å². The molecular formula is C25H31N3O3. The van der Waals surface area contributed by atoms with E-state index in [-0.39, 0.29) is 24.2 Å². The highest BCUT2D eigenvalue weighted by Gasteiger charge is 2.36. The van der Waals surface area contributed by atoms with E-state index in [1.807, 2.05) is 31.2 Å². The predicted molar refractivity (Wildman–Crippen MR) is 122 cm³/mol. The molecule has 2 aromatic carbocycles. The number of hydrogen-bond acceptors (Lipinski definition) is 4. The van der Waals surface area contributed by atoms with Crippen LogP contribution in [0.25, 0.3) is 0 Å². The van der Waals surface area contributed by atoms with Crippen LogP contribution in [0, 0.1) is 12.8 Å². The molecule has 2 heterocycles. The van der Waals surface area contributed by atoms with Crippen LogP contribution in [0.2, 0.25) is 0 Å². The number of morpholine rings is 1. The van der Waals surface area contributed by atoms with Crippen LogP contribution in [-0.4, -0.2) is 49.6 Å². The van der Waals surface area contributed by atoms with Crippen LogP contribution < -0.4 is 10.2 Å². The standard InChI is InChI=1S/C25H31N3O3/c1-3-20-6-4-5-18(2)24(20)28-17-21(15-23(28)29)25(30)26-22-9-7-19(8-10-22)16-27-11-13-31-14-12-27/h4-10,21H,3,11-17H2,1-2H3,(H,26,30). The molecule has 2 aromatic rings. The van der Waals surface area contributed by atoms with Gasteiger partial charge in [0.1, 0.15) is 0 Å². The number of para-hydroxylation sites is 1. The summed E-state index contributed by atoms with van der Waals surface area (Å²) in [6.45, 7) is 8.90. The number of ether oxygens (including phenoxy) is 1. The first kappa shape index (κ1) is 21.5. The van der Waals surface area contributed by atoms with E-state index in [0.29, 0.717) is 6.54 Å². The molecule has 2 amide bonds. The van der Waals surface area contributed by atoms with Crippen molar-refractivity contribution >= 4 is 23.2 Å². The van der Waals surface area contributed by atoms with E-state index in [2.05, 4.69) is 35.3 Å². The minimum Gasteiger partial charge on any atom is -0.379 e. The first-order valence-electron chi connectivity index (χ1n) is 11.1. The smallest absolute Gasteiger partial charge is 0.229 e. The molecule has 0 aromatic heterocycles. The number of benzene rings is 2. The van der Waals surface area contributed by atoms with Crippen molar-refractivity contribution in [2.45, 2.75) is 33.2 Å². The summed E-state index contributed by atoms with van der Waals surface area (Å²) in [5.74, 6) is -0.418. The third kappa shape index (κ3) is 4.97. The Balaban J connectivity index is 1.38. The third-order valence-electron chi connectivity index (χ3n) is 6.20. The number of amides is 2. The van der Waals surface area contributed by atoms with E-state index in [1.54, 1.807) is 4.90 Å². The summed E-state index contributed by atoms with van der Waals surface area (Å²) in [7, 11) is 0. The Labute approximate surface area is 184 Å². The van der Waals surface area contributed by atoms with E-state index >= 15 is 0 Å². The summed E-state index contributed by atoms with van der Waals surface area (Å²) in [6, 6.07) is 14.1. The average molecular weight is 422 g/mol. The largest absolute Gasteiger partial charge is 0.379 e. The van der Waals surface area contributed by atoms with Gasteiger partial charge in [-0.05, 0) is 42.2 Å². The van der Waals surface area contributed by atoms with Crippen molar-refractivity contribution in [3.63, 3.8) is 0 Å². The first-order valence-corrected chi connectivity index (χ1v) is 11.1. The molecule has 0 spiro atoms. The fourth-order valence-electron chi connectivity index (χ4n) is 4.45. The number of rotatable bonds is 6. The van der Waals surface area contributed by atoms with Gasteiger partial charge in [-0.2, -0.15) is 0 Å². The van der Waals surface area contributed by atoms with Crippen molar-refractivity contribution in [1.82, 2.24) is 4.90 Å². The van der Waals surface area contributed by atoms with Gasteiger partial charge in [-0.3, -0.25) is 14.5 Å². The second-order valence-corrected chi connectivity index (χ2v) is 8.42. The van der Waals surface area contributed by atoms with Gasteiger partial charge in [0.25, 0.3) is 0 Å². The number of nitrogens with one attached hydrogen (secondary N) is 1. The number of carbonyl (C=O) groups excluding carboxylic acids is 2. The quantitative estimate of drug-likeness (QED) is 0.777. The summed E-state index contributed by atoms with van der Waals surface area (Å²) in [5, 5.41) is 3.00. The number of nitrogens with zero attached hydrogens (tertiary/aromatic N) is 2. The fourth-order valence-corrected chi connectivity index (χ4v) is 4.45. The van der Waals surface area contributed by atoms with Crippen molar-refractivity contribution in [2.24, 2.45) is 5.92 Å². The maximum atomic E-state index is 12.9. The lowest BCUT2D eigenvalue weighted by atomic mass is 10.0. The van der Waals surface area contributed by atoms with Gasteiger partial charge in [0.05, 0.1) is 19.1 Å². The van der Waals surface area contributed by atoms with Crippen LogP contribution in [0.5, 0.6) is 0 Å². The molecule has 1 N–H and O–H groups in total. The lowest BCUT2D eigenvalue weighted by molar-refractivity contribution is -0.122. The van der Waals surface area contributed by atoms with Gasteiger partial charge in [-0.25, -0.2) is 0 Å². The summed E-state index contributed by atoms with van der Waals surface area (Å²) in [6.07, 6.45) is 1.10. The average Bonchev–Trinajstić information content (AvgIpc) is 3.17. The molecule has 0 aliphatic carbocycles. The van der Waals surface area contributed by atoms with Gasteiger partial charge in [0.2, 0.25) is 11.8 Å². The minimum absolute atomic E-state index is 0.0185. The summed E-state index contributed by atoms with van der Waals surface area (Å²) >= 11 is 0. The highest BCUT2D eigenvalue weighted by Crippen LogP contribution is 2.32. The Morgan fingerprint density at radius 3 is 2.58 bits per heavy atom. The summed E-state index contributed by atoms with van der Waals surface area (Å²) in [4.78, 5) is 29.8. The molecule has 6 heteroatoms. The molecule has 31 heavy (non-hydrogen) atoms. The monoisotopic (exact) mass is 421 g/mol. The van der Waals surface area contributed by atoms with E-state index in [9.17, 15) is 9.59 Å². The molecule has 1 atom stereocenters. The number of anilines is 2. The van der Waals surface area contributed by atoms with E-state index in [1.165, 1.54) is 5.56 Å². The van der Waals surface area contributed by atoms with Crippen LogP contribution in [0.1, 0.15) is 30.0 Å². The zero-order valence-corrected chi connectivity index (χ0v) is 18.4. The predicted octanol–water partition coefficient (Wildman–Crippen LogP) is 3.38. The lowest BCUT2D eigenvalue weighted by Crippen LogP contribution is -2.35. The van der Waals surface area contributed by atoms with Gasteiger partial charge in [0, 0.05) is 44.0 Å². The molecule has 2 fully saturated rings. The Kier molecular flexibility index (Phi) is 6.68. The topological polar surface area (TPSA) is 61.9 Å². The molecule has 0 bridgehead atoms. The number of carbonyl (C=O) groups is 2. The lowest BCUT2D eigenvalue weighted by Gasteiger charge is -2.26. The molecule has 1 unspecified atom stereocenters. The van der Waals surface area contributed by atoms with Gasteiger partial charge in [-0.1, -0.05) is 37.3 Å². The molecular weight excluding hydrogens is 390 g/mol. The van der Waals surface area contributed by atoms with E-state index < -0.39 is 0 Å². The van der Waals surface area contributed by atoms with Crippen molar-refractivity contribution in [2.75, 3.05) is 43.1 Å². The molecule has 0 radical (unpaired) electrons. The number of aryl methyl sites for hydroxylation is 2. The Morgan fingerprint density at radius 1 is 1.13 bits per heavy atom. The molecule has 2 saturated heterocycles. The van der Waals surface area contributed by atoms with Gasteiger partial charge < -0.3 is 15.0 Å². The SMILES string of the molecule is CCc1cccc(C)c1N1CC(C(=O)Nc2ccc(CN3CCOCC3)cc2)CC1=O. The van der Waals surface area contributed by atoms with Crippen LogP contribution in [0.15, 0.2) is 42.5 Å². The van der Waals surface area contributed by atoms with Crippen molar-refractivity contribution < 1.29 is 14.3 Å². The van der Waals surface area contributed by atoms with Crippen LogP contribution in [-0.2, 0) is 27.3 Å². The molecule has 6 nitrogen and oxygen atoms in total. The number of hydrogen-bond donors (Lipinski definition) is 1. The van der Waals surface area contributed by atoms with Crippen LogP contribution >= 0.6 is 0 Å². The summed E-state index contributed by atoms with van der Waals surface area (Å²) in [5.41, 5.74) is 5.17. The second-order valence-electron chi connectivity index (χ2n) is 8.42. The van der Waals surface area contributed by atoms with Gasteiger partial charge in [0.15, 0.2) is 0 Å². The molecule has 4 rings (SSSR count). The molecule has 0 saturated carbocycles. The van der Waals surface area contributed by atoms with Crippen LogP contribution in [0.4, 0.5) is 11.4 Å². The highest BCUT2D eigenvalue weighted by molar-refractivity contribution is 6.04. The summed E-state index contributed by atoms with van der Waals surface area (Å²) < 4.78 is 5.40. The maximum absolute atomic E-state index is 12.9. The van der Waals surface area contributed by atoms with Crippen molar-refractivity contribution in [3.8, 4) is 0 Å². The Morgan fingerprint density at radius 2 is 1.87 bits per heavy atom. The molecule has 2 aliphatic heterocycles. The fraction of sp³-hybridized carbons (Fsp3) is 0.440. The Hall–Kier alpha value is -2.70. The van der Waals surface area contributed by atoms with Crippen molar-refractivity contribution in [3.05, 3.63) is 59.2 Å². The zero-order chi connectivity index (χ0) is 21.8.